The maximum atomic E-state index is 10.0. The van der Waals surface area contributed by atoms with Crippen LogP contribution in [-0.2, 0) is 5.41 Å². The van der Waals surface area contributed by atoms with Gasteiger partial charge in [-0.1, -0.05) is 62.4 Å². The van der Waals surface area contributed by atoms with E-state index >= 15 is 0 Å². The third kappa shape index (κ3) is 4.58. The van der Waals surface area contributed by atoms with Gasteiger partial charge in [-0.05, 0) is 51.4 Å². The first kappa shape index (κ1) is 17.0. The first-order valence-corrected chi connectivity index (χ1v) is 8.78. The van der Waals surface area contributed by atoms with Crippen LogP contribution in [0.4, 0.5) is 0 Å². The van der Waals surface area contributed by atoms with Gasteiger partial charge in [-0.15, -0.1) is 0 Å². The first-order valence-electron chi connectivity index (χ1n) is 8.78. The fraction of sp³-hybridized carbons (Fsp3) is 0.650. The molecule has 0 N–H and O–H groups in total. The molecule has 0 heterocycles. The minimum absolute atomic E-state index is 0.316. The molecule has 0 aromatic heterocycles. The summed E-state index contributed by atoms with van der Waals surface area (Å²) in [6, 6.07) is 13.2. The molecule has 1 aliphatic rings. The SMILES string of the molecule is CN(C)CCC(C#N)(CCC1CCCCC1)c1ccccc1. The number of benzene rings is 1. The van der Waals surface area contributed by atoms with E-state index in [1.54, 1.807) is 0 Å². The monoisotopic (exact) mass is 298 g/mol. The largest absolute Gasteiger partial charge is 0.309 e. The van der Waals surface area contributed by atoms with Gasteiger partial charge in [-0.25, -0.2) is 0 Å². The summed E-state index contributed by atoms with van der Waals surface area (Å²) >= 11 is 0. The van der Waals surface area contributed by atoms with E-state index in [9.17, 15) is 5.26 Å². The van der Waals surface area contributed by atoms with Crippen LogP contribution in [0, 0.1) is 17.2 Å². The molecule has 1 aromatic rings. The van der Waals surface area contributed by atoms with Crippen molar-refractivity contribution in [1.29, 1.82) is 5.26 Å². The summed E-state index contributed by atoms with van der Waals surface area (Å²) in [5.41, 5.74) is 0.887. The molecule has 0 saturated heterocycles. The standard InChI is InChI=1S/C20H30N2/c1-22(2)16-15-20(17-21,19-11-7-4-8-12-19)14-13-18-9-5-3-6-10-18/h4,7-8,11-12,18H,3,5-6,9-10,13-16H2,1-2H3. The Bertz CT molecular complexity index is 468. The number of hydrogen-bond acceptors (Lipinski definition) is 2. The van der Waals surface area contributed by atoms with Crippen LogP contribution in [0.25, 0.3) is 0 Å². The van der Waals surface area contributed by atoms with Crippen molar-refractivity contribution in [1.82, 2.24) is 4.90 Å². The van der Waals surface area contributed by atoms with Crippen LogP contribution in [0.1, 0.15) is 56.9 Å². The highest BCUT2D eigenvalue weighted by atomic mass is 15.0. The van der Waals surface area contributed by atoms with Gasteiger partial charge in [0.15, 0.2) is 0 Å². The van der Waals surface area contributed by atoms with Crippen LogP contribution in [0.3, 0.4) is 0 Å². The van der Waals surface area contributed by atoms with Crippen LogP contribution in [0.2, 0.25) is 0 Å². The fourth-order valence-corrected chi connectivity index (χ4v) is 3.69. The highest BCUT2D eigenvalue weighted by molar-refractivity contribution is 5.32. The molecule has 2 rings (SSSR count). The van der Waals surface area contributed by atoms with Crippen molar-refractivity contribution >= 4 is 0 Å². The van der Waals surface area contributed by atoms with E-state index in [1.165, 1.54) is 44.1 Å². The summed E-state index contributed by atoms with van der Waals surface area (Å²) in [4.78, 5) is 2.19. The Morgan fingerprint density at radius 3 is 2.36 bits per heavy atom. The Hall–Kier alpha value is -1.33. The molecule has 1 unspecified atom stereocenters. The molecule has 120 valence electrons. The van der Waals surface area contributed by atoms with E-state index in [2.05, 4.69) is 49.3 Å². The Balaban J connectivity index is 2.10. The van der Waals surface area contributed by atoms with Crippen molar-refractivity contribution < 1.29 is 0 Å². The summed E-state index contributed by atoms with van der Waals surface area (Å²) in [6.07, 6.45) is 10.0. The van der Waals surface area contributed by atoms with E-state index in [1.807, 2.05) is 6.07 Å². The zero-order chi connectivity index (χ0) is 15.8. The van der Waals surface area contributed by atoms with Crippen LogP contribution in [-0.4, -0.2) is 25.5 Å². The molecule has 0 radical (unpaired) electrons. The molecule has 1 aromatic carbocycles. The van der Waals surface area contributed by atoms with Crippen molar-refractivity contribution in [3.8, 4) is 6.07 Å². The summed E-state index contributed by atoms with van der Waals surface area (Å²) in [5, 5.41) is 10.0. The lowest BCUT2D eigenvalue weighted by Crippen LogP contribution is -2.30. The second-order valence-electron chi connectivity index (χ2n) is 7.16. The Morgan fingerprint density at radius 1 is 1.09 bits per heavy atom. The molecule has 0 bridgehead atoms. The molecule has 0 amide bonds. The zero-order valence-electron chi connectivity index (χ0n) is 14.2. The van der Waals surface area contributed by atoms with Crippen LogP contribution in [0.5, 0.6) is 0 Å². The molecule has 22 heavy (non-hydrogen) atoms. The number of nitrogens with zero attached hydrogens (tertiary/aromatic N) is 2. The summed E-state index contributed by atoms with van der Waals surface area (Å²) in [5.74, 6) is 0.838. The normalized spacial score (nSPS) is 18.8. The highest BCUT2D eigenvalue weighted by Gasteiger charge is 2.32. The molecule has 1 saturated carbocycles. The van der Waals surface area contributed by atoms with Crippen LogP contribution in [0.15, 0.2) is 30.3 Å². The van der Waals surface area contributed by atoms with Gasteiger partial charge in [0, 0.05) is 0 Å². The van der Waals surface area contributed by atoms with E-state index in [4.69, 9.17) is 0 Å². The van der Waals surface area contributed by atoms with Gasteiger partial charge in [0.1, 0.15) is 0 Å². The minimum atomic E-state index is -0.316. The molecule has 1 aliphatic carbocycles. The van der Waals surface area contributed by atoms with E-state index in [-0.39, 0.29) is 5.41 Å². The number of rotatable bonds is 7. The Morgan fingerprint density at radius 2 is 1.77 bits per heavy atom. The van der Waals surface area contributed by atoms with Gasteiger partial charge < -0.3 is 4.90 Å². The average molecular weight is 298 g/mol. The van der Waals surface area contributed by atoms with Crippen molar-refractivity contribution in [2.45, 2.75) is 56.8 Å². The summed E-state index contributed by atoms with van der Waals surface area (Å²) < 4.78 is 0. The fourth-order valence-electron chi connectivity index (χ4n) is 3.69. The molecule has 1 fully saturated rings. The maximum absolute atomic E-state index is 10.0. The predicted molar refractivity (Wildman–Crippen MR) is 92.7 cm³/mol. The van der Waals surface area contributed by atoms with Crippen LogP contribution >= 0.6 is 0 Å². The van der Waals surface area contributed by atoms with Gasteiger partial charge in [0.05, 0.1) is 11.5 Å². The summed E-state index contributed by atoms with van der Waals surface area (Å²) in [6.45, 7) is 0.965. The van der Waals surface area contributed by atoms with Crippen molar-refractivity contribution in [3.05, 3.63) is 35.9 Å². The second kappa shape index (κ2) is 8.34. The molecule has 2 nitrogen and oxygen atoms in total. The van der Waals surface area contributed by atoms with Gasteiger partial charge in [0.2, 0.25) is 0 Å². The van der Waals surface area contributed by atoms with E-state index in [0.717, 1.165) is 25.3 Å². The summed E-state index contributed by atoms with van der Waals surface area (Å²) in [7, 11) is 4.18. The molecule has 2 heteroatoms. The van der Waals surface area contributed by atoms with Crippen molar-refractivity contribution in [2.24, 2.45) is 5.92 Å². The van der Waals surface area contributed by atoms with Crippen molar-refractivity contribution in [3.63, 3.8) is 0 Å². The van der Waals surface area contributed by atoms with E-state index < -0.39 is 0 Å². The maximum Gasteiger partial charge on any atom is 0.0834 e. The highest BCUT2D eigenvalue weighted by Crippen LogP contribution is 2.37. The zero-order valence-corrected chi connectivity index (χ0v) is 14.2. The minimum Gasteiger partial charge on any atom is -0.309 e. The lowest BCUT2D eigenvalue weighted by atomic mass is 9.72. The molecular formula is C20H30N2. The molecular weight excluding hydrogens is 268 g/mol. The van der Waals surface area contributed by atoms with Crippen LogP contribution < -0.4 is 0 Å². The topological polar surface area (TPSA) is 27.0 Å². The third-order valence-corrected chi connectivity index (χ3v) is 5.23. The molecule has 1 atom stereocenters. The van der Waals surface area contributed by atoms with Gasteiger partial charge >= 0.3 is 0 Å². The molecule has 0 aliphatic heterocycles. The lowest BCUT2D eigenvalue weighted by Gasteiger charge is -2.31. The predicted octanol–water partition coefficient (Wildman–Crippen LogP) is 4.76. The number of hydrogen-bond donors (Lipinski definition) is 0. The second-order valence-corrected chi connectivity index (χ2v) is 7.16. The van der Waals surface area contributed by atoms with Gasteiger partial charge in [-0.3, -0.25) is 0 Å². The van der Waals surface area contributed by atoms with Gasteiger partial charge in [0.25, 0.3) is 0 Å². The van der Waals surface area contributed by atoms with Gasteiger partial charge in [-0.2, -0.15) is 5.26 Å². The first-order chi connectivity index (χ1) is 10.7. The third-order valence-electron chi connectivity index (χ3n) is 5.23. The smallest absolute Gasteiger partial charge is 0.0834 e. The average Bonchev–Trinajstić information content (AvgIpc) is 2.57. The quantitative estimate of drug-likeness (QED) is 0.725. The Labute approximate surface area is 136 Å². The number of nitriles is 1. The van der Waals surface area contributed by atoms with Crippen molar-refractivity contribution in [2.75, 3.05) is 20.6 Å². The molecule has 0 spiro atoms. The van der Waals surface area contributed by atoms with E-state index in [0.29, 0.717) is 0 Å². The lowest BCUT2D eigenvalue weighted by molar-refractivity contribution is 0.287. The Kier molecular flexibility index (Phi) is 6.46.